The largest absolute Gasteiger partial charge is 0.459 e. The molecule has 174 valence electrons. The van der Waals surface area contributed by atoms with Crippen LogP contribution in [0.25, 0.3) is 11.1 Å². The van der Waals surface area contributed by atoms with E-state index in [1.54, 1.807) is 4.90 Å². The maximum atomic E-state index is 13.1. The molecule has 6 nitrogen and oxygen atoms in total. The number of carbonyl (C=O) groups excluding carboxylic acids is 3. The Bertz CT molecular complexity index is 1040. The van der Waals surface area contributed by atoms with Crippen LogP contribution in [0.1, 0.15) is 37.8 Å². The van der Waals surface area contributed by atoms with Crippen LogP contribution >= 0.6 is 0 Å². The number of nitrogens with one attached hydrogen (secondary N) is 1. The maximum absolute atomic E-state index is 13.1. The topological polar surface area (TPSA) is 75.7 Å². The molecule has 2 aliphatic rings. The van der Waals surface area contributed by atoms with Gasteiger partial charge in [0.05, 0.1) is 11.8 Å². The average Bonchev–Trinajstić information content (AvgIpc) is 2.91. The number of cyclic esters (lactones) is 1. The molecule has 0 bridgehead atoms. The Hall–Kier alpha value is -3.15. The Kier molecular flexibility index (Phi) is 6.54. The first-order chi connectivity index (χ1) is 15.7. The third-order valence-corrected chi connectivity index (χ3v) is 6.56. The molecule has 0 spiro atoms. The molecule has 0 aliphatic carbocycles. The molecule has 0 unspecified atom stereocenters. The highest BCUT2D eigenvalue weighted by atomic mass is 16.6. The molecule has 2 saturated heterocycles. The molecule has 33 heavy (non-hydrogen) atoms. The molecule has 0 aromatic heterocycles. The molecule has 6 heteroatoms. The molecule has 2 fully saturated rings. The third kappa shape index (κ3) is 5.44. The fraction of sp³-hybridized carbons (Fsp3) is 0.444. The van der Waals surface area contributed by atoms with E-state index in [1.165, 1.54) is 5.56 Å². The van der Waals surface area contributed by atoms with Gasteiger partial charge in [0.15, 0.2) is 0 Å². The Labute approximate surface area is 195 Å². The zero-order chi connectivity index (χ0) is 23.6. The first-order valence-electron chi connectivity index (χ1n) is 11.6. The summed E-state index contributed by atoms with van der Waals surface area (Å²) in [5.41, 5.74) is 3.96. The number of amides is 2. The van der Waals surface area contributed by atoms with E-state index < -0.39 is 11.5 Å². The van der Waals surface area contributed by atoms with Gasteiger partial charge in [-0.15, -0.1) is 0 Å². The van der Waals surface area contributed by atoms with E-state index in [0.717, 1.165) is 16.7 Å². The van der Waals surface area contributed by atoms with Crippen molar-refractivity contribution in [3.05, 3.63) is 59.7 Å². The Balaban J connectivity index is 1.49. The second kappa shape index (κ2) is 9.38. The van der Waals surface area contributed by atoms with Crippen molar-refractivity contribution < 1.29 is 19.1 Å². The number of benzene rings is 2. The lowest BCUT2D eigenvalue weighted by atomic mass is 9.91. The zero-order valence-electron chi connectivity index (χ0n) is 19.6. The summed E-state index contributed by atoms with van der Waals surface area (Å²) in [7, 11) is 0. The highest BCUT2D eigenvalue weighted by molar-refractivity contribution is 5.86. The molecule has 2 atom stereocenters. The highest BCUT2D eigenvalue weighted by Gasteiger charge is 2.41. The fourth-order valence-corrected chi connectivity index (χ4v) is 4.83. The molecular weight excluding hydrogens is 416 g/mol. The summed E-state index contributed by atoms with van der Waals surface area (Å²) in [6, 6.07) is 16.5. The van der Waals surface area contributed by atoms with Gasteiger partial charge in [-0.2, -0.15) is 0 Å². The van der Waals surface area contributed by atoms with Crippen LogP contribution in [0.15, 0.2) is 48.5 Å². The minimum atomic E-state index is -0.527. The normalized spacial score (nSPS) is 22.5. The number of esters is 1. The average molecular weight is 449 g/mol. The lowest BCUT2D eigenvalue weighted by Crippen LogP contribution is -2.38. The van der Waals surface area contributed by atoms with Gasteiger partial charge in [0.1, 0.15) is 5.60 Å². The summed E-state index contributed by atoms with van der Waals surface area (Å²) in [6.45, 7) is 7.01. The molecule has 2 amide bonds. The van der Waals surface area contributed by atoms with E-state index in [1.807, 2.05) is 26.0 Å². The van der Waals surface area contributed by atoms with E-state index in [0.29, 0.717) is 32.5 Å². The van der Waals surface area contributed by atoms with E-state index in [4.69, 9.17) is 4.74 Å². The second-order valence-corrected chi connectivity index (χ2v) is 9.84. The second-order valence-electron chi connectivity index (χ2n) is 9.84. The predicted octanol–water partition coefficient (Wildman–Crippen LogP) is 3.51. The van der Waals surface area contributed by atoms with Crippen LogP contribution < -0.4 is 5.32 Å². The van der Waals surface area contributed by atoms with Crippen LogP contribution in [-0.4, -0.2) is 47.9 Å². The van der Waals surface area contributed by atoms with E-state index in [-0.39, 0.29) is 30.1 Å². The molecule has 2 aromatic carbocycles. The van der Waals surface area contributed by atoms with Gasteiger partial charge in [0.2, 0.25) is 11.8 Å². The van der Waals surface area contributed by atoms with Gasteiger partial charge in [0.25, 0.3) is 0 Å². The standard InChI is InChI=1S/C27H32N2O4/c1-18-8-10-19(11-9-18)23-7-5-4-6-20(23)14-22-17-29(13-12-28-25(22)31)24(30)15-21-16-27(2,3)33-26(21)32/h4-11,21-22H,12-17H2,1-3H3,(H,28,31)/t21-,22+/m1/s1. The van der Waals surface area contributed by atoms with Crippen molar-refractivity contribution in [3.8, 4) is 11.1 Å². The number of ether oxygens (including phenoxy) is 1. The van der Waals surface area contributed by atoms with Crippen molar-refractivity contribution in [2.75, 3.05) is 19.6 Å². The summed E-state index contributed by atoms with van der Waals surface area (Å²) in [5.74, 6) is -1.20. The van der Waals surface area contributed by atoms with Gasteiger partial charge in [-0.3, -0.25) is 14.4 Å². The number of carbonyl (C=O) groups is 3. The van der Waals surface area contributed by atoms with Crippen LogP contribution in [0, 0.1) is 18.8 Å². The minimum Gasteiger partial charge on any atom is -0.459 e. The SMILES string of the molecule is Cc1ccc(-c2ccccc2C[C@H]2CN(C(=O)C[C@@H]3CC(C)(C)OC3=O)CCNC2=O)cc1. The van der Waals surface area contributed by atoms with Crippen molar-refractivity contribution in [2.24, 2.45) is 11.8 Å². The highest BCUT2D eigenvalue weighted by Crippen LogP contribution is 2.33. The summed E-state index contributed by atoms with van der Waals surface area (Å²) < 4.78 is 5.38. The number of rotatable bonds is 5. The van der Waals surface area contributed by atoms with Gasteiger partial charge in [-0.25, -0.2) is 0 Å². The monoisotopic (exact) mass is 448 g/mol. The Morgan fingerprint density at radius 3 is 2.52 bits per heavy atom. The van der Waals surface area contributed by atoms with Crippen molar-refractivity contribution in [1.29, 1.82) is 0 Å². The fourth-order valence-electron chi connectivity index (χ4n) is 4.83. The number of nitrogens with zero attached hydrogens (tertiary/aromatic N) is 1. The van der Waals surface area contributed by atoms with Gasteiger partial charge in [-0.05, 0) is 43.9 Å². The van der Waals surface area contributed by atoms with Gasteiger partial charge >= 0.3 is 5.97 Å². The van der Waals surface area contributed by atoms with Gasteiger partial charge in [0, 0.05) is 32.5 Å². The lowest BCUT2D eigenvalue weighted by molar-refractivity contribution is -0.150. The number of hydrogen-bond acceptors (Lipinski definition) is 4. The number of aryl methyl sites for hydroxylation is 1. The van der Waals surface area contributed by atoms with Crippen LogP contribution in [-0.2, 0) is 25.5 Å². The first-order valence-corrected chi connectivity index (χ1v) is 11.6. The maximum Gasteiger partial charge on any atom is 0.310 e. The molecule has 4 rings (SSSR count). The van der Waals surface area contributed by atoms with Crippen molar-refractivity contribution in [2.45, 2.75) is 45.6 Å². The van der Waals surface area contributed by atoms with Crippen molar-refractivity contribution >= 4 is 17.8 Å². The van der Waals surface area contributed by atoms with Crippen molar-refractivity contribution in [3.63, 3.8) is 0 Å². The minimum absolute atomic E-state index is 0.0366. The summed E-state index contributed by atoms with van der Waals surface area (Å²) in [5, 5.41) is 2.96. The molecule has 0 radical (unpaired) electrons. The summed E-state index contributed by atoms with van der Waals surface area (Å²) in [6.07, 6.45) is 1.21. The number of hydrogen-bond donors (Lipinski definition) is 1. The molecular formula is C27H32N2O4. The van der Waals surface area contributed by atoms with E-state index in [2.05, 4.69) is 48.6 Å². The summed E-state index contributed by atoms with van der Waals surface area (Å²) in [4.78, 5) is 39.8. The smallest absolute Gasteiger partial charge is 0.310 e. The quantitative estimate of drug-likeness (QED) is 0.711. The van der Waals surface area contributed by atoms with Crippen molar-refractivity contribution in [1.82, 2.24) is 10.2 Å². The molecule has 2 aromatic rings. The molecule has 2 aliphatic heterocycles. The zero-order valence-corrected chi connectivity index (χ0v) is 19.6. The predicted molar refractivity (Wildman–Crippen MR) is 126 cm³/mol. The molecule has 1 N–H and O–H groups in total. The van der Waals surface area contributed by atoms with Gasteiger partial charge in [-0.1, -0.05) is 54.1 Å². The van der Waals surface area contributed by atoms with E-state index in [9.17, 15) is 14.4 Å². The molecule has 0 saturated carbocycles. The van der Waals surface area contributed by atoms with E-state index >= 15 is 0 Å². The van der Waals surface area contributed by atoms with Crippen LogP contribution in [0.3, 0.4) is 0 Å². The van der Waals surface area contributed by atoms with Crippen LogP contribution in [0.5, 0.6) is 0 Å². The lowest BCUT2D eigenvalue weighted by Gasteiger charge is -2.24. The van der Waals surface area contributed by atoms with Crippen LogP contribution in [0.4, 0.5) is 0 Å². The Morgan fingerprint density at radius 1 is 1.09 bits per heavy atom. The molecule has 2 heterocycles. The Morgan fingerprint density at radius 2 is 1.82 bits per heavy atom. The van der Waals surface area contributed by atoms with Gasteiger partial charge < -0.3 is 15.0 Å². The first kappa shape index (κ1) is 23.0. The summed E-state index contributed by atoms with van der Waals surface area (Å²) >= 11 is 0. The third-order valence-electron chi connectivity index (χ3n) is 6.56. The van der Waals surface area contributed by atoms with Crippen LogP contribution in [0.2, 0.25) is 0 Å².